The second kappa shape index (κ2) is 11.8. The number of nitrogens with one attached hydrogen (secondary N) is 1. The number of carbonyl (C=O) groups is 1. The molecule has 13 heteroatoms. The maximum absolute atomic E-state index is 12.8. The second-order valence-electron chi connectivity index (χ2n) is 8.16. The summed E-state index contributed by atoms with van der Waals surface area (Å²) in [6.07, 6.45) is 1.12. The number of sulfonamides is 2. The molecule has 1 aliphatic rings. The molecule has 36 heavy (non-hydrogen) atoms. The Kier molecular flexibility index (Phi) is 9.04. The molecule has 194 valence electrons. The molecule has 0 aromatic heterocycles. The summed E-state index contributed by atoms with van der Waals surface area (Å²) >= 11 is 0. The standard InChI is InChI=1S/C23H28N4O7S2/c1-33-23(28)22(26-11-13-27(14-12-26)35(2,29)30)16-25-36(31,32)21-9-7-20(8-10-21)34-17-19-5-3-18(15-24)4-6-19/h3-10,22,25H,11-14,16-17H2,1-2H3/t22-/m0/s1. The van der Waals surface area contributed by atoms with Crippen LogP contribution in [-0.4, -0.2) is 84.1 Å². The van der Waals surface area contributed by atoms with Crippen molar-refractivity contribution in [2.45, 2.75) is 17.5 Å². The topological polar surface area (TPSA) is 146 Å². The molecular weight excluding hydrogens is 508 g/mol. The van der Waals surface area contributed by atoms with E-state index in [1.54, 1.807) is 29.2 Å². The van der Waals surface area contributed by atoms with Gasteiger partial charge in [0.05, 0.1) is 29.9 Å². The lowest BCUT2D eigenvalue weighted by Crippen LogP contribution is -2.56. The van der Waals surface area contributed by atoms with Gasteiger partial charge < -0.3 is 9.47 Å². The van der Waals surface area contributed by atoms with Gasteiger partial charge in [-0.15, -0.1) is 0 Å². The van der Waals surface area contributed by atoms with Crippen molar-refractivity contribution in [2.75, 3.05) is 46.1 Å². The molecule has 11 nitrogen and oxygen atoms in total. The van der Waals surface area contributed by atoms with Gasteiger partial charge in [-0.1, -0.05) is 12.1 Å². The molecular formula is C23H28N4O7S2. The van der Waals surface area contributed by atoms with E-state index in [9.17, 15) is 21.6 Å². The van der Waals surface area contributed by atoms with Gasteiger partial charge in [-0.2, -0.15) is 9.57 Å². The summed E-state index contributed by atoms with van der Waals surface area (Å²) in [5.74, 6) is -0.147. The van der Waals surface area contributed by atoms with E-state index in [2.05, 4.69) is 4.72 Å². The number of nitriles is 1. The van der Waals surface area contributed by atoms with Gasteiger partial charge in [0.2, 0.25) is 20.0 Å². The fourth-order valence-corrected chi connectivity index (χ4v) is 5.54. The molecule has 0 unspecified atom stereocenters. The van der Waals surface area contributed by atoms with Crippen LogP contribution in [0.4, 0.5) is 0 Å². The maximum atomic E-state index is 12.8. The maximum Gasteiger partial charge on any atom is 0.324 e. The van der Waals surface area contributed by atoms with Crippen LogP contribution >= 0.6 is 0 Å². The van der Waals surface area contributed by atoms with E-state index in [-0.39, 0.29) is 44.2 Å². The Morgan fingerprint density at radius 1 is 1.03 bits per heavy atom. The zero-order valence-electron chi connectivity index (χ0n) is 20.0. The van der Waals surface area contributed by atoms with Gasteiger partial charge >= 0.3 is 5.97 Å². The van der Waals surface area contributed by atoms with Crippen LogP contribution in [-0.2, 0) is 36.2 Å². The Hall–Kier alpha value is -3.02. The summed E-state index contributed by atoms with van der Waals surface area (Å²) in [5, 5.41) is 8.86. The second-order valence-corrected chi connectivity index (χ2v) is 11.9. The number of benzene rings is 2. The first kappa shape index (κ1) is 27.6. The largest absolute Gasteiger partial charge is 0.489 e. The van der Waals surface area contributed by atoms with Gasteiger partial charge in [0.1, 0.15) is 18.4 Å². The Bertz CT molecular complexity index is 1300. The molecule has 1 aliphatic heterocycles. The van der Waals surface area contributed by atoms with Crippen molar-refractivity contribution in [3.63, 3.8) is 0 Å². The third-order valence-corrected chi connectivity index (χ3v) is 8.49. The first-order valence-electron chi connectivity index (χ1n) is 11.0. The molecule has 1 heterocycles. The van der Waals surface area contributed by atoms with Crippen LogP contribution in [0.2, 0.25) is 0 Å². The van der Waals surface area contributed by atoms with Crippen molar-refractivity contribution in [2.24, 2.45) is 0 Å². The molecule has 0 amide bonds. The zero-order chi connectivity index (χ0) is 26.3. The molecule has 0 spiro atoms. The summed E-state index contributed by atoms with van der Waals surface area (Å²) < 4.78 is 63.4. The molecule has 1 saturated heterocycles. The molecule has 0 saturated carbocycles. The normalized spacial score (nSPS) is 16.1. The van der Waals surface area contributed by atoms with Crippen molar-refractivity contribution in [1.29, 1.82) is 5.26 Å². The third-order valence-electron chi connectivity index (χ3n) is 5.75. The van der Waals surface area contributed by atoms with Crippen molar-refractivity contribution in [3.8, 4) is 11.8 Å². The van der Waals surface area contributed by atoms with E-state index in [0.717, 1.165) is 11.8 Å². The van der Waals surface area contributed by atoms with Crippen LogP contribution < -0.4 is 9.46 Å². The van der Waals surface area contributed by atoms with E-state index < -0.39 is 32.1 Å². The van der Waals surface area contributed by atoms with Crippen LogP contribution in [0.25, 0.3) is 0 Å². The molecule has 3 rings (SSSR count). The number of ether oxygens (including phenoxy) is 2. The average molecular weight is 537 g/mol. The van der Waals surface area contributed by atoms with E-state index in [4.69, 9.17) is 14.7 Å². The van der Waals surface area contributed by atoms with E-state index in [1.807, 2.05) is 6.07 Å². The SMILES string of the molecule is COC(=O)[C@H](CNS(=O)(=O)c1ccc(OCc2ccc(C#N)cc2)cc1)N1CCN(S(C)(=O)=O)CC1. The molecule has 1 N–H and O–H groups in total. The number of hydrogen-bond acceptors (Lipinski definition) is 9. The summed E-state index contributed by atoms with van der Waals surface area (Å²) in [7, 11) is -6.06. The molecule has 1 atom stereocenters. The molecule has 0 aliphatic carbocycles. The van der Waals surface area contributed by atoms with Crippen LogP contribution in [0, 0.1) is 11.3 Å². The zero-order valence-corrected chi connectivity index (χ0v) is 21.6. The minimum absolute atomic E-state index is 0.00117. The minimum Gasteiger partial charge on any atom is -0.489 e. The predicted molar refractivity (Wildman–Crippen MR) is 131 cm³/mol. The van der Waals surface area contributed by atoms with Crippen LogP contribution in [0.15, 0.2) is 53.4 Å². The number of nitrogens with zero attached hydrogens (tertiary/aromatic N) is 3. The lowest BCUT2D eigenvalue weighted by Gasteiger charge is -2.36. The third kappa shape index (κ3) is 7.25. The van der Waals surface area contributed by atoms with Gasteiger partial charge in [0.25, 0.3) is 0 Å². The van der Waals surface area contributed by atoms with Gasteiger partial charge in [-0.05, 0) is 42.0 Å². The van der Waals surface area contributed by atoms with Gasteiger partial charge in [-0.25, -0.2) is 21.6 Å². The van der Waals surface area contributed by atoms with Crippen molar-refractivity contribution < 1.29 is 31.1 Å². The van der Waals surface area contributed by atoms with Crippen molar-refractivity contribution in [1.82, 2.24) is 13.9 Å². The highest BCUT2D eigenvalue weighted by molar-refractivity contribution is 7.89. The smallest absolute Gasteiger partial charge is 0.324 e. The number of carbonyl (C=O) groups excluding carboxylic acids is 1. The fraction of sp³-hybridized carbons (Fsp3) is 0.391. The Morgan fingerprint density at radius 3 is 2.17 bits per heavy atom. The highest BCUT2D eigenvalue weighted by atomic mass is 32.2. The Balaban J connectivity index is 1.59. The predicted octanol–water partition coefficient (Wildman–Crippen LogP) is 0.534. The Morgan fingerprint density at radius 2 is 1.64 bits per heavy atom. The number of esters is 1. The van der Waals surface area contributed by atoms with Gasteiger partial charge in [-0.3, -0.25) is 9.69 Å². The van der Waals surface area contributed by atoms with Gasteiger partial charge in [0, 0.05) is 32.7 Å². The number of hydrogen-bond donors (Lipinski definition) is 1. The minimum atomic E-state index is -3.94. The number of piperazine rings is 1. The lowest BCUT2D eigenvalue weighted by atomic mass is 10.2. The van der Waals surface area contributed by atoms with Crippen LogP contribution in [0.5, 0.6) is 5.75 Å². The molecule has 0 bridgehead atoms. The van der Waals surface area contributed by atoms with E-state index in [1.165, 1.54) is 35.7 Å². The van der Waals surface area contributed by atoms with E-state index in [0.29, 0.717) is 11.3 Å². The van der Waals surface area contributed by atoms with Crippen LogP contribution in [0.3, 0.4) is 0 Å². The first-order chi connectivity index (χ1) is 17.0. The summed E-state index contributed by atoms with van der Waals surface area (Å²) in [6, 6.07) is 13.9. The van der Waals surface area contributed by atoms with Crippen molar-refractivity contribution >= 4 is 26.0 Å². The van der Waals surface area contributed by atoms with Crippen LogP contribution in [0.1, 0.15) is 11.1 Å². The van der Waals surface area contributed by atoms with E-state index >= 15 is 0 Å². The van der Waals surface area contributed by atoms with Crippen molar-refractivity contribution in [3.05, 3.63) is 59.7 Å². The molecule has 0 radical (unpaired) electrons. The highest BCUT2D eigenvalue weighted by Crippen LogP contribution is 2.18. The Labute approximate surface area is 211 Å². The fourth-order valence-electron chi connectivity index (χ4n) is 3.67. The summed E-state index contributed by atoms with van der Waals surface area (Å²) in [5.41, 5.74) is 1.41. The first-order valence-corrected chi connectivity index (χ1v) is 14.3. The monoisotopic (exact) mass is 536 g/mol. The summed E-state index contributed by atoms with van der Waals surface area (Å²) in [4.78, 5) is 14.1. The summed E-state index contributed by atoms with van der Waals surface area (Å²) in [6.45, 7) is 0.944. The number of methoxy groups -OCH3 is 1. The molecule has 2 aromatic carbocycles. The van der Waals surface area contributed by atoms with Gasteiger partial charge in [0.15, 0.2) is 0 Å². The lowest BCUT2D eigenvalue weighted by molar-refractivity contribution is -0.147. The average Bonchev–Trinajstić information content (AvgIpc) is 2.87. The quantitative estimate of drug-likeness (QED) is 0.430. The number of rotatable bonds is 10. The highest BCUT2D eigenvalue weighted by Gasteiger charge is 2.33. The molecule has 1 fully saturated rings. The molecule has 2 aromatic rings.